The van der Waals surface area contributed by atoms with Crippen molar-refractivity contribution in [3.05, 3.63) is 66.2 Å². The number of rotatable bonds is 4. The zero-order valence-corrected chi connectivity index (χ0v) is 10.6. The maximum absolute atomic E-state index is 11.5. The molecule has 0 aliphatic heterocycles. The van der Waals surface area contributed by atoms with E-state index >= 15 is 0 Å². The first kappa shape index (κ1) is 12.5. The van der Waals surface area contributed by atoms with Gasteiger partial charge in [0.15, 0.2) is 0 Å². The van der Waals surface area contributed by atoms with Crippen LogP contribution in [0.5, 0.6) is 0 Å². The minimum Gasteiger partial charge on any atom is -0.333 e. The van der Waals surface area contributed by atoms with E-state index in [4.69, 9.17) is 0 Å². The first-order valence-electron chi connectivity index (χ1n) is 5.64. The highest BCUT2D eigenvalue weighted by Gasteiger charge is 2.00. The average Bonchev–Trinajstić information content (AvgIpc) is 2.45. The molecule has 0 aromatic heterocycles. The smallest absolute Gasteiger partial charge is 0.325 e. The van der Waals surface area contributed by atoms with Gasteiger partial charge in [-0.15, -0.1) is 0 Å². The summed E-state index contributed by atoms with van der Waals surface area (Å²) >= 11 is 1.30. The van der Waals surface area contributed by atoms with E-state index in [1.54, 1.807) is 0 Å². The highest BCUT2D eigenvalue weighted by Crippen LogP contribution is 2.12. The third-order valence-electron chi connectivity index (χ3n) is 2.30. The first-order valence-corrected chi connectivity index (χ1v) is 6.46. The highest BCUT2D eigenvalue weighted by molar-refractivity contribution is 7.98. The van der Waals surface area contributed by atoms with Crippen molar-refractivity contribution >= 4 is 18.0 Å². The van der Waals surface area contributed by atoms with Crippen LogP contribution in [0.15, 0.2) is 65.6 Å². The van der Waals surface area contributed by atoms with Crippen molar-refractivity contribution in [2.45, 2.75) is 11.4 Å². The van der Waals surface area contributed by atoms with Gasteiger partial charge in [-0.2, -0.15) is 0 Å². The predicted octanol–water partition coefficient (Wildman–Crippen LogP) is 3.19. The lowest BCUT2D eigenvalue weighted by Gasteiger charge is -2.06. The summed E-state index contributed by atoms with van der Waals surface area (Å²) in [5, 5.41) is 2.80. The molecule has 2 rings (SSSR count). The Morgan fingerprint density at radius 1 is 0.944 bits per heavy atom. The second-order valence-electron chi connectivity index (χ2n) is 3.69. The zero-order chi connectivity index (χ0) is 12.6. The number of carbonyl (C=O) groups is 1. The Labute approximate surface area is 111 Å². The topological polar surface area (TPSA) is 41.1 Å². The van der Waals surface area contributed by atoms with E-state index in [2.05, 4.69) is 10.0 Å². The molecule has 0 saturated carbocycles. The molecule has 0 aliphatic rings. The van der Waals surface area contributed by atoms with Crippen LogP contribution in [0.1, 0.15) is 5.56 Å². The Hall–Kier alpha value is -1.94. The third-order valence-corrected chi connectivity index (χ3v) is 3.10. The largest absolute Gasteiger partial charge is 0.333 e. The molecule has 2 aromatic rings. The van der Waals surface area contributed by atoms with Crippen LogP contribution in [-0.4, -0.2) is 6.03 Å². The molecule has 2 N–H and O–H groups in total. The molecule has 4 heteroatoms. The normalized spacial score (nSPS) is 9.78. The lowest BCUT2D eigenvalue weighted by atomic mass is 10.2. The van der Waals surface area contributed by atoms with Crippen molar-refractivity contribution in [1.82, 2.24) is 10.0 Å². The quantitative estimate of drug-likeness (QED) is 0.827. The summed E-state index contributed by atoms with van der Waals surface area (Å²) in [6, 6.07) is 19.3. The number of carbonyl (C=O) groups excluding carboxylic acids is 1. The molecular weight excluding hydrogens is 244 g/mol. The van der Waals surface area contributed by atoms with E-state index in [0.717, 1.165) is 10.5 Å². The summed E-state index contributed by atoms with van der Waals surface area (Å²) in [4.78, 5) is 12.6. The molecule has 0 heterocycles. The average molecular weight is 258 g/mol. The molecule has 0 fully saturated rings. The molecular formula is C14H14N2OS. The second kappa shape index (κ2) is 6.71. The summed E-state index contributed by atoms with van der Waals surface area (Å²) < 4.78 is 2.74. The van der Waals surface area contributed by atoms with Gasteiger partial charge in [0.1, 0.15) is 0 Å². The molecule has 0 aliphatic carbocycles. The molecule has 3 nitrogen and oxygen atoms in total. The van der Waals surface area contributed by atoms with E-state index in [-0.39, 0.29) is 6.03 Å². The second-order valence-corrected chi connectivity index (χ2v) is 4.57. The number of benzene rings is 2. The van der Waals surface area contributed by atoms with E-state index in [1.165, 1.54) is 11.9 Å². The molecule has 0 radical (unpaired) electrons. The summed E-state index contributed by atoms with van der Waals surface area (Å²) in [6.45, 7) is 0.530. The molecule has 0 saturated heterocycles. The number of hydrogen-bond donors (Lipinski definition) is 2. The van der Waals surface area contributed by atoms with Crippen LogP contribution >= 0.6 is 11.9 Å². The van der Waals surface area contributed by atoms with Crippen LogP contribution in [0.2, 0.25) is 0 Å². The van der Waals surface area contributed by atoms with Gasteiger partial charge in [0.05, 0.1) is 0 Å². The van der Waals surface area contributed by atoms with Gasteiger partial charge in [-0.05, 0) is 29.6 Å². The van der Waals surface area contributed by atoms with E-state index in [9.17, 15) is 4.79 Å². The van der Waals surface area contributed by atoms with Crippen LogP contribution < -0.4 is 10.0 Å². The predicted molar refractivity (Wildman–Crippen MR) is 74.1 cm³/mol. The van der Waals surface area contributed by atoms with Crippen molar-refractivity contribution in [2.75, 3.05) is 0 Å². The molecule has 0 bridgehead atoms. The van der Waals surface area contributed by atoms with E-state index in [0.29, 0.717) is 6.54 Å². The Kier molecular flexibility index (Phi) is 4.67. The maximum Gasteiger partial charge on any atom is 0.325 e. The van der Waals surface area contributed by atoms with Gasteiger partial charge in [0, 0.05) is 11.4 Å². The van der Waals surface area contributed by atoms with Gasteiger partial charge in [-0.3, -0.25) is 4.72 Å². The molecule has 0 atom stereocenters. The fourth-order valence-corrected chi connectivity index (χ4v) is 1.98. The van der Waals surface area contributed by atoms with Crippen LogP contribution in [0, 0.1) is 0 Å². The Morgan fingerprint density at radius 2 is 1.56 bits per heavy atom. The number of urea groups is 1. The molecule has 18 heavy (non-hydrogen) atoms. The van der Waals surface area contributed by atoms with Crippen molar-refractivity contribution in [3.8, 4) is 0 Å². The van der Waals surface area contributed by atoms with Crippen molar-refractivity contribution in [1.29, 1.82) is 0 Å². The van der Waals surface area contributed by atoms with Crippen molar-refractivity contribution < 1.29 is 4.79 Å². The van der Waals surface area contributed by atoms with Gasteiger partial charge in [0.25, 0.3) is 0 Å². The summed E-state index contributed by atoms with van der Waals surface area (Å²) in [5.74, 6) is 0. The molecule has 2 aromatic carbocycles. The van der Waals surface area contributed by atoms with Gasteiger partial charge in [-0.1, -0.05) is 48.5 Å². The van der Waals surface area contributed by atoms with Crippen LogP contribution in [0.4, 0.5) is 4.79 Å². The number of nitrogens with one attached hydrogen (secondary N) is 2. The highest BCUT2D eigenvalue weighted by atomic mass is 32.2. The minimum atomic E-state index is -0.187. The monoisotopic (exact) mass is 258 g/mol. The third kappa shape index (κ3) is 4.14. The van der Waals surface area contributed by atoms with Gasteiger partial charge >= 0.3 is 6.03 Å². The number of hydrogen-bond acceptors (Lipinski definition) is 2. The summed E-state index contributed by atoms with van der Waals surface area (Å²) in [7, 11) is 0. The van der Waals surface area contributed by atoms with Crippen LogP contribution in [0.3, 0.4) is 0 Å². The lowest BCUT2D eigenvalue weighted by Crippen LogP contribution is -2.30. The first-order chi connectivity index (χ1) is 8.84. The Balaban J connectivity index is 1.73. The van der Waals surface area contributed by atoms with Gasteiger partial charge in [-0.25, -0.2) is 4.79 Å². The summed E-state index contributed by atoms with van der Waals surface area (Å²) in [6.07, 6.45) is 0. The Morgan fingerprint density at radius 3 is 2.22 bits per heavy atom. The molecule has 0 unspecified atom stereocenters. The Bertz CT molecular complexity index is 442. The molecule has 2 amide bonds. The van der Waals surface area contributed by atoms with Crippen molar-refractivity contribution in [3.63, 3.8) is 0 Å². The van der Waals surface area contributed by atoms with Crippen LogP contribution in [0.25, 0.3) is 0 Å². The summed E-state index contributed by atoms with van der Waals surface area (Å²) in [5.41, 5.74) is 1.08. The fraction of sp³-hybridized carbons (Fsp3) is 0.0714. The van der Waals surface area contributed by atoms with Crippen LogP contribution in [-0.2, 0) is 6.54 Å². The standard InChI is InChI=1S/C14H14N2OS/c17-14(15-11-12-7-3-1-4-8-12)16-18-13-9-5-2-6-10-13/h1-10H,11H2,(H2,15,16,17). The minimum absolute atomic E-state index is 0.187. The zero-order valence-electron chi connectivity index (χ0n) is 9.80. The fourth-order valence-electron chi connectivity index (χ4n) is 1.41. The van der Waals surface area contributed by atoms with Gasteiger partial charge < -0.3 is 5.32 Å². The van der Waals surface area contributed by atoms with Gasteiger partial charge in [0.2, 0.25) is 0 Å². The maximum atomic E-state index is 11.5. The molecule has 92 valence electrons. The number of amides is 2. The molecule has 0 spiro atoms. The van der Waals surface area contributed by atoms with E-state index in [1.807, 2.05) is 60.7 Å². The lowest BCUT2D eigenvalue weighted by molar-refractivity contribution is 0.246. The van der Waals surface area contributed by atoms with Crippen molar-refractivity contribution in [2.24, 2.45) is 0 Å². The van der Waals surface area contributed by atoms with E-state index < -0.39 is 0 Å². The SMILES string of the molecule is O=C(NCc1ccccc1)NSc1ccccc1.